The van der Waals surface area contributed by atoms with Crippen molar-refractivity contribution in [2.24, 2.45) is 0 Å². The van der Waals surface area contributed by atoms with Gasteiger partial charge in [0.05, 0.1) is 5.56 Å². The van der Waals surface area contributed by atoms with Gasteiger partial charge >= 0.3 is 5.97 Å². The van der Waals surface area contributed by atoms with Gasteiger partial charge in [-0.05, 0) is 45.5 Å². The highest BCUT2D eigenvalue weighted by atomic mass is 16.4. The van der Waals surface area contributed by atoms with Gasteiger partial charge in [-0.2, -0.15) is 0 Å². The van der Waals surface area contributed by atoms with Crippen molar-refractivity contribution in [3.63, 3.8) is 0 Å². The van der Waals surface area contributed by atoms with Gasteiger partial charge in [0.1, 0.15) is 0 Å². The molecule has 1 N–H and O–H groups in total. The van der Waals surface area contributed by atoms with Gasteiger partial charge in [0, 0.05) is 0 Å². The van der Waals surface area contributed by atoms with Crippen LogP contribution < -0.4 is 0 Å². The Bertz CT molecular complexity index is 1190. The Labute approximate surface area is 206 Å². The summed E-state index contributed by atoms with van der Waals surface area (Å²) in [5.74, 6) is -0.879. The fourth-order valence-corrected chi connectivity index (χ4v) is 3.91. The van der Waals surface area contributed by atoms with Crippen molar-refractivity contribution in [2.75, 3.05) is 0 Å². The van der Waals surface area contributed by atoms with E-state index in [1.54, 1.807) is 30.3 Å². The van der Waals surface area contributed by atoms with E-state index in [4.69, 9.17) is 5.11 Å². The van der Waals surface area contributed by atoms with Crippen molar-refractivity contribution in [3.05, 3.63) is 179 Å². The second kappa shape index (κ2) is 12.0. The Kier molecular flexibility index (Phi) is 8.02. The molecule has 2 heteroatoms. The maximum Gasteiger partial charge on any atom is 0.335 e. The van der Waals surface area contributed by atoms with E-state index >= 15 is 0 Å². The summed E-state index contributed by atoms with van der Waals surface area (Å²) < 4.78 is 0. The van der Waals surface area contributed by atoms with Gasteiger partial charge in [-0.3, -0.25) is 0 Å². The van der Waals surface area contributed by atoms with E-state index in [1.165, 1.54) is 33.4 Å². The molecule has 170 valence electrons. The Morgan fingerprint density at radius 3 is 0.714 bits per heavy atom. The highest BCUT2D eigenvalue weighted by Gasteiger charge is 2.15. The zero-order chi connectivity index (χ0) is 24.3. The van der Waals surface area contributed by atoms with E-state index in [2.05, 4.69) is 121 Å². The molecule has 0 atom stereocenters. The minimum absolute atomic E-state index is 0.331. The Morgan fingerprint density at radius 2 is 0.543 bits per heavy atom. The van der Waals surface area contributed by atoms with Crippen LogP contribution in [0, 0.1) is 0 Å². The first kappa shape index (κ1) is 23.5. The fourth-order valence-electron chi connectivity index (χ4n) is 3.91. The van der Waals surface area contributed by atoms with Crippen LogP contribution in [0.2, 0.25) is 0 Å². The van der Waals surface area contributed by atoms with Crippen LogP contribution in [0.3, 0.4) is 0 Å². The van der Waals surface area contributed by atoms with Gasteiger partial charge in [-0.1, -0.05) is 140 Å². The lowest BCUT2D eigenvalue weighted by Crippen LogP contribution is -1.97. The molecule has 0 heterocycles. The minimum Gasteiger partial charge on any atom is -0.478 e. The van der Waals surface area contributed by atoms with Crippen molar-refractivity contribution < 1.29 is 9.90 Å². The molecule has 0 aliphatic heterocycles. The molecule has 0 bridgehead atoms. The molecule has 0 saturated carbocycles. The van der Waals surface area contributed by atoms with Crippen LogP contribution in [0.25, 0.3) is 11.1 Å². The van der Waals surface area contributed by atoms with Crippen LogP contribution in [0.15, 0.2) is 152 Å². The molecule has 0 aromatic heterocycles. The van der Waals surface area contributed by atoms with E-state index in [9.17, 15) is 4.79 Å². The van der Waals surface area contributed by atoms with Crippen molar-refractivity contribution in [1.82, 2.24) is 0 Å². The number of aromatic carboxylic acids is 1. The SMILES string of the molecule is O=C(O)c1ccccc1.c1ccc(C(=C(c2ccccc2)c2ccccc2)c2ccccc2)cc1. The molecular weight excluding hydrogens is 428 g/mol. The van der Waals surface area contributed by atoms with Crippen LogP contribution in [-0.4, -0.2) is 11.1 Å². The first-order chi connectivity index (χ1) is 17.2. The summed E-state index contributed by atoms with van der Waals surface area (Å²) in [6.45, 7) is 0. The minimum atomic E-state index is -0.879. The highest BCUT2D eigenvalue weighted by Crippen LogP contribution is 2.36. The number of carboxylic acids is 1. The smallest absolute Gasteiger partial charge is 0.335 e. The fraction of sp³-hybridized carbons (Fsp3) is 0. The van der Waals surface area contributed by atoms with E-state index < -0.39 is 5.97 Å². The molecule has 0 saturated heterocycles. The maximum atomic E-state index is 10.2. The highest BCUT2D eigenvalue weighted by molar-refractivity contribution is 6.04. The maximum absolute atomic E-state index is 10.2. The lowest BCUT2D eigenvalue weighted by Gasteiger charge is -2.18. The summed E-state index contributed by atoms with van der Waals surface area (Å²) in [5.41, 5.74) is 7.73. The van der Waals surface area contributed by atoms with Crippen LogP contribution in [0.1, 0.15) is 32.6 Å². The Hall–Kier alpha value is -4.69. The number of hydrogen-bond acceptors (Lipinski definition) is 1. The Morgan fingerprint density at radius 1 is 0.343 bits per heavy atom. The van der Waals surface area contributed by atoms with Gasteiger partial charge in [0.15, 0.2) is 0 Å². The van der Waals surface area contributed by atoms with Crippen molar-refractivity contribution >= 4 is 17.1 Å². The van der Waals surface area contributed by atoms with E-state index in [0.29, 0.717) is 5.56 Å². The third-order valence-corrected chi connectivity index (χ3v) is 5.52. The molecule has 0 unspecified atom stereocenters. The zero-order valence-corrected chi connectivity index (χ0v) is 19.3. The zero-order valence-electron chi connectivity index (χ0n) is 19.3. The van der Waals surface area contributed by atoms with Crippen molar-refractivity contribution in [1.29, 1.82) is 0 Å². The number of hydrogen-bond donors (Lipinski definition) is 1. The van der Waals surface area contributed by atoms with E-state index in [-0.39, 0.29) is 0 Å². The molecule has 2 nitrogen and oxygen atoms in total. The van der Waals surface area contributed by atoms with Gasteiger partial charge in [-0.15, -0.1) is 0 Å². The lowest BCUT2D eigenvalue weighted by molar-refractivity contribution is 0.0697. The number of carbonyl (C=O) groups is 1. The summed E-state index contributed by atoms with van der Waals surface area (Å²) in [6, 6.07) is 50.9. The summed E-state index contributed by atoms with van der Waals surface area (Å²) in [6.07, 6.45) is 0. The predicted molar refractivity (Wildman–Crippen MR) is 144 cm³/mol. The quantitative estimate of drug-likeness (QED) is 0.273. The van der Waals surface area contributed by atoms with Gasteiger partial charge < -0.3 is 5.11 Å². The third-order valence-electron chi connectivity index (χ3n) is 5.52. The largest absolute Gasteiger partial charge is 0.478 e. The molecule has 0 aliphatic carbocycles. The standard InChI is InChI=1S/C26H20.C7H6O2/c1-5-13-21(14-6-1)25(22-15-7-2-8-16-22)26(23-17-9-3-10-18-23)24-19-11-4-12-20-24;8-7(9)6-4-2-1-3-5-6/h1-20H;1-5H,(H,8,9). The number of rotatable bonds is 5. The van der Waals surface area contributed by atoms with Gasteiger partial charge in [-0.25, -0.2) is 4.79 Å². The second-order valence-corrected chi connectivity index (χ2v) is 7.89. The monoisotopic (exact) mass is 454 g/mol. The van der Waals surface area contributed by atoms with Crippen molar-refractivity contribution in [2.45, 2.75) is 0 Å². The summed E-state index contributed by atoms with van der Waals surface area (Å²) >= 11 is 0. The molecule has 0 spiro atoms. The summed E-state index contributed by atoms with van der Waals surface area (Å²) in [5, 5.41) is 8.38. The predicted octanol–water partition coefficient (Wildman–Crippen LogP) is 8.08. The second-order valence-electron chi connectivity index (χ2n) is 7.89. The first-order valence-corrected chi connectivity index (χ1v) is 11.5. The molecule has 0 fully saturated rings. The summed E-state index contributed by atoms with van der Waals surface area (Å²) in [7, 11) is 0. The molecular formula is C33H26O2. The number of benzene rings is 5. The van der Waals surface area contributed by atoms with Crippen LogP contribution in [-0.2, 0) is 0 Å². The molecule has 35 heavy (non-hydrogen) atoms. The summed E-state index contributed by atoms with van der Waals surface area (Å²) in [4.78, 5) is 10.2. The lowest BCUT2D eigenvalue weighted by atomic mass is 9.86. The molecule has 5 rings (SSSR count). The average molecular weight is 455 g/mol. The number of carboxylic acid groups (broad SMARTS) is 1. The van der Waals surface area contributed by atoms with Crippen LogP contribution in [0.4, 0.5) is 0 Å². The normalized spacial score (nSPS) is 9.94. The van der Waals surface area contributed by atoms with E-state index in [0.717, 1.165) is 0 Å². The third kappa shape index (κ3) is 6.21. The molecule has 0 radical (unpaired) electrons. The van der Waals surface area contributed by atoms with Gasteiger partial charge in [0.25, 0.3) is 0 Å². The molecule has 0 aliphatic rings. The van der Waals surface area contributed by atoms with Gasteiger partial charge in [0.2, 0.25) is 0 Å². The van der Waals surface area contributed by atoms with E-state index in [1.807, 2.05) is 0 Å². The topological polar surface area (TPSA) is 37.3 Å². The molecule has 0 amide bonds. The molecule has 5 aromatic rings. The van der Waals surface area contributed by atoms with Crippen molar-refractivity contribution in [3.8, 4) is 0 Å². The van der Waals surface area contributed by atoms with Crippen LogP contribution >= 0.6 is 0 Å². The first-order valence-electron chi connectivity index (χ1n) is 11.5. The Balaban J connectivity index is 0.000000271. The molecule has 5 aromatic carbocycles. The van der Waals surface area contributed by atoms with Crippen LogP contribution in [0.5, 0.6) is 0 Å². The average Bonchev–Trinajstić information content (AvgIpc) is 2.94.